The molecule has 5 nitrogen and oxygen atoms in total. The number of halogens is 1. The normalized spacial score (nSPS) is 16.5. The van der Waals surface area contributed by atoms with Crippen LogP contribution in [-0.4, -0.2) is 28.4 Å². The lowest BCUT2D eigenvalue weighted by atomic mass is 9.90. The summed E-state index contributed by atoms with van der Waals surface area (Å²) in [6.07, 6.45) is 7.05. The summed E-state index contributed by atoms with van der Waals surface area (Å²) >= 11 is 0. The standard InChI is InChI=1S/C20H20FNO4/c1-2-26-17(23)10-5-12-3-6-13(7-4-12)19(24)18-15-9-8-14(21)11-16(15)22-20(18)25/h3,6-9,11-12,22,25H,2,4-5,10H2,1H3. The summed E-state index contributed by atoms with van der Waals surface area (Å²) in [7, 11) is 0. The van der Waals surface area contributed by atoms with Crippen LogP contribution in [0, 0.1) is 11.7 Å². The Morgan fingerprint density at radius 1 is 1.38 bits per heavy atom. The number of esters is 1. The zero-order valence-electron chi connectivity index (χ0n) is 14.4. The van der Waals surface area contributed by atoms with E-state index in [1.54, 1.807) is 19.1 Å². The number of Topliss-reactive ketones (excluding diaryl/α,β-unsaturated/α-hetero) is 1. The molecule has 0 fully saturated rings. The van der Waals surface area contributed by atoms with Gasteiger partial charge in [0.15, 0.2) is 5.78 Å². The van der Waals surface area contributed by atoms with Gasteiger partial charge >= 0.3 is 5.97 Å². The van der Waals surface area contributed by atoms with Gasteiger partial charge in [0.25, 0.3) is 0 Å². The van der Waals surface area contributed by atoms with Crippen molar-refractivity contribution in [3.05, 3.63) is 53.4 Å². The molecule has 26 heavy (non-hydrogen) atoms. The molecule has 3 rings (SSSR count). The highest BCUT2D eigenvalue weighted by Crippen LogP contribution is 2.31. The molecule has 6 heteroatoms. The number of aromatic nitrogens is 1. The van der Waals surface area contributed by atoms with Crippen LogP contribution >= 0.6 is 0 Å². The molecule has 1 aliphatic carbocycles. The van der Waals surface area contributed by atoms with Crippen LogP contribution in [-0.2, 0) is 9.53 Å². The summed E-state index contributed by atoms with van der Waals surface area (Å²) < 4.78 is 18.2. The third kappa shape index (κ3) is 3.69. The van der Waals surface area contributed by atoms with Gasteiger partial charge in [-0.1, -0.05) is 18.2 Å². The number of hydrogen-bond donors (Lipinski definition) is 2. The SMILES string of the molecule is CCOC(=O)CCC1C=CC(C(=O)c2c(O)[nH]c3cc(F)ccc23)=CC1. The number of aromatic amines is 1. The Morgan fingerprint density at radius 3 is 2.88 bits per heavy atom. The number of carbonyl (C=O) groups is 2. The second-order valence-corrected chi connectivity index (χ2v) is 6.23. The first-order chi connectivity index (χ1) is 12.5. The predicted molar refractivity (Wildman–Crippen MR) is 95.4 cm³/mol. The number of ether oxygens (including phenoxy) is 1. The van der Waals surface area contributed by atoms with E-state index in [9.17, 15) is 19.1 Å². The number of rotatable bonds is 6. The fraction of sp³-hybridized carbons (Fsp3) is 0.300. The fourth-order valence-corrected chi connectivity index (χ4v) is 3.11. The molecule has 0 bridgehead atoms. The van der Waals surface area contributed by atoms with Crippen molar-refractivity contribution in [2.75, 3.05) is 6.61 Å². The van der Waals surface area contributed by atoms with Crippen molar-refractivity contribution < 1.29 is 23.8 Å². The van der Waals surface area contributed by atoms with Gasteiger partial charge in [0, 0.05) is 17.4 Å². The third-order valence-corrected chi connectivity index (χ3v) is 4.44. The first-order valence-corrected chi connectivity index (χ1v) is 8.58. The van der Waals surface area contributed by atoms with E-state index in [0.29, 0.717) is 42.3 Å². The van der Waals surface area contributed by atoms with E-state index in [-0.39, 0.29) is 29.1 Å². The maximum Gasteiger partial charge on any atom is 0.305 e. The average Bonchev–Trinajstić information content (AvgIpc) is 2.95. The molecule has 2 aromatic rings. The summed E-state index contributed by atoms with van der Waals surface area (Å²) in [6.45, 7) is 2.14. The molecule has 0 aliphatic heterocycles. The Labute approximate surface area is 150 Å². The number of ketones is 1. The number of nitrogens with one attached hydrogen (secondary N) is 1. The molecule has 2 N–H and O–H groups in total. The Kier molecular flexibility index (Phi) is 5.21. The monoisotopic (exact) mass is 357 g/mol. The minimum absolute atomic E-state index is 0.140. The van der Waals surface area contributed by atoms with E-state index in [2.05, 4.69) is 4.98 Å². The predicted octanol–water partition coefficient (Wildman–Crippen LogP) is 4.04. The highest BCUT2D eigenvalue weighted by atomic mass is 19.1. The molecule has 136 valence electrons. The smallest absolute Gasteiger partial charge is 0.305 e. The lowest BCUT2D eigenvalue weighted by molar-refractivity contribution is -0.143. The molecular formula is C20H20FNO4. The van der Waals surface area contributed by atoms with Crippen molar-refractivity contribution in [2.45, 2.75) is 26.2 Å². The summed E-state index contributed by atoms with van der Waals surface area (Å²) in [4.78, 5) is 26.8. The topological polar surface area (TPSA) is 79.4 Å². The summed E-state index contributed by atoms with van der Waals surface area (Å²) in [5.74, 6) is -1.09. The Hall–Kier alpha value is -2.89. The number of hydrogen-bond acceptors (Lipinski definition) is 4. The van der Waals surface area contributed by atoms with Gasteiger partial charge in [0.1, 0.15) is 5.82 Å². The molecule has 1 atom stereocenters. The molecule has 0 saturated carbocycles. The first kappa shape index (κ1) is 17.9. The zero-order chi connectivity index (χ0) is 18.7. The lowest BCUT2D eigenvalue weighted by Crippen LogP contribution is -2.10. The van der Waals surface area contributed by atoms with Crippen LogP contribution in [0.2, 0.25) is 0 Å². The second-order valence-electron chi connectivity index (χ2n) is 6.23. The summed E-state index contributed by atoms with van der Waals surface area (Å²) in [6, 6.07) is 3.97. The Morgan fingerprint density at radius 2 is 2.19 bits per heavy atom. The second kappa shape index (κ2) is 7.56. The van der Waals surface area contributed by atoms with Gasteiger partial charge < -0.3 is 14.8 Å². The largest absolute Gasteiger partial charge is 0.494 e. The van der Waals surface area contributed by atoms with Crippen LogP contribution in [0.4, 0.5) is 4.39 Å². The van der Waals surface area contributed by atoms with Crippen LogP contribution < -0.4 is 0 Å². The van der Waals surface area contributed by atoms with E-state index in [1.165, 1.54) is 18.2 Å². The van der Waals surface area contributed by atoms with Gasteiger partial charge in [-0.15, -0.1) is 0 Å². The zero-order valence-corrected chi connectivity index (χ0v) is 14.4. The fourth-order valence-electron chi connectivity index (χ4n) is 3.11. The molecule has 1 aromatic heterocycles. The molecule has 1 unspecified atom stereocenters. The van der Waals surface area contributed by atoms with E-state index >= 15 is 0 Å². The first-order valence-electron chi connectivity index (χ1n) is 8.58. The van der Waals surface area contributed by atoms with Crippen molar-refractivity contribution in [3.8, 4) is 5.88 Å². The van der Waals surface area contributed by atoms with Crippen molar-refractivity contribution >= 4 is 22.7 Å². The van der Waals surface area contributed by atoms with Crippen LogP contribution in [0.5, 0.6) is 5.88 Å². The minimum Gasteiger partial charge on any atom is -0.494 e. The molecule has 1 heterocycles. The molecule has 0 saturated heterocycles. The van der Waals surface area contributed by atoms with E-state index in [1.807, 2.05) is 6.08 Å². The molecule has 0 amide bonds. The van der Waals surface area contributed by atoms with Crippen LogP contribution in [0.25, 0.3) is 10.9 Å². The molecule has 0 radical (unpaired) electrons. The average molecular weight is 357 g/mol. The molecular weight excluding hydrogens is 337 g/mol. The summed E-state index contributed by atoms with van der Waals surface area (Å²) in [5, 5.41) is 10.6. The van der Waals surface area contributed by atoms with Gasteiger partial charge in [0.05, 0.1) is 17.7 Å². The van der Waals surface area contributed by atoms with Crippen LogP contribution in [0.15, 0.2) is 42.0 Å². The van der Waals surface area contributed by atoms with Gasteiger partial charge in [-0.25, -0.2) is 4.39 Å². The van der Waals surface area contributed by atoms with E-state index in [4.69, 9.17) is 4.74 Å². The number of fused-ring (bicyclic) bond motifs is 1. The van der Waals surface area contributed by atoms with Crippen molar-refractivity contribution in [1.29, 1.82) is 0 Å². The van der Waals surface area contributed by atoms with E-state index < -0.39 is 5.82 Å². The van der Waals surface area contributed by atoms with Crippen LogP contribution in [0.3, 0.4) is 0 Å². The van der Waals surface area contributed by atoms with Crippen molar-refractivity contribution in [2.24, 2.45) is 5.92 Å². The highest BCUT2D eigenvalue weighted by molar-refractivity contribution is 6.19. The third-order valence-electron chi connectivity index (χ3n) is 4.44. The molecule has 1 aliphatic rings. The van der Waals surface area contributed by atoms with Crippen LogP contribution in [0.1, 0.15) is 36.5 Å². The number of allylic oxidation sites excluding steroid dienone is 4. The van der Waals surface area contributed by atoms with Gasteiger partial charge in [-0.2, -0.15) is 0 Å². The molecule has 0 spiro atoms. The van der Waals surface area contributed by atoms with Crippen molar-refractivity contribution in [3.63, 3.8) is 0 Å². The maximum atomic E-state index is 13.3. The lowest BCUT2D eigenvalue weighted by Gasteiger charge is -2.15. The van der Waals surface area contributed by atoms with Gasteiger partial charge in [-0.3, -0.25) is 9.59 Å². The highest BCUT2D eigenvalue weighted by Gasteiger charge is 2.22. The van der Waals surface area contributed by atoms with Gasteiger partial charge in [-0.05, 0) is 43.9 Å². The summed E-state index contributed by atoms with van der Waals surface area (Å²) in [5.41, 5.74) is 0.984. The van der Waals surface area contributed by atoms with Crippen molar-refractivity contribution in [1.82, 2.24) is 4.98 Å². The van der Waals surface area contributed by atoms with Gasteiger partial charge in [0.2, 0.25) is 5.88 Å². The Bertz CT molecular complexity index is 910. The molecule has 1 aromatic carbocycles. The Balaban J connectivity index is 1.71. The maximum absolute atomic E-state index is 13.3. The number of aromatic hydroxyl groups is 1. The minimum atomic E-state index is -0.445. The number of carbonyl (C=O) groups excluding carboxylic acids is 2. The van der Waals surface area contributed by atoms with E-state index in [0.717, 1.165) is 0 Å². The number of H-pyrrole nitrogens is 1. The number of benzene rings is 1. The quantitative estimate of drug-likeness (QED) is 0.604.